The number of benzene rings is 1. The van der Waals surface area contributed by atoms with E-state index in [1.165, 1.54) is 9.20 Å². The van der Waals surface area contributed by atoms with E-state index in [9.17, 15) is 13.2 Å². The van der Waals surface area contributed by atoms with E-state index in [1.807, 2.05) is 24.3 Å². The van der Waals surface area contributed by atoms with Crippen molar-refractivity contribution in [2.24, 2.45) is 0 Å². The van der Waals surface area contributed by atoms with Crippen LogP contribution in [0.15, 0.2) is 55.3 Å². The Labute approximate surface area is 189 Å². The summed E-state index contributed by atoms with van der Waals surface area (Å²) in [6.07, 6.45) is 1.51. The number of nitrogens with one attached hydrogen (secondary N) is 1. The molecule has 11 heteroatoms. The lowest BCUT2D eigenvalue weighted by Crippen LogP contribution is -2.42. The summed E-state index contributed by atoms with van der Waals surface area (Å²) in [7, 11) is -3.70. The first kappa shape index (κ1) is 22.0. The van der Waals surface area contributed by atoms with Crippen LogP contribution in [-0.2, 0) is 21.2 Å². The smallest absolute Gasteiger partial charge is 0.322 e. The molecule has 0 radical (unpaired) electrons. The van der Waals surface area contributed by atoms with Crippen LogP contribution in [0.5, 0.6) is 0 Å². The van der Waals surface area contributed by atoms with E-state index < -0.39 is 22.0 Å². The van der Waals surface area contributed by atoms with Crippen LogP contribution in [0.3, 0.4) is 0 Å². The van der Waals surface area contributed by atoms with Crippen LogP contribution in [0.25, 0.3) is 0 Å². The Hall–Kier alpha value is -2.21. The summed E-state index contributed by atoms with van der Waals surface area (Å²) in [6, 6.07) is 10.5. The average Bonchev–Trinajstić information content (AvgIpc) is 3.52. The second kappa shape index (κ2) is 9.51. The molecule has 1 aromatic carbocycles. The first-order valence-corrected chi connectivity index (χ1v) is 13.2. The number of hydrogen-bond acceptors (Lipinski definition) is 8. The maximum atomic E-state index is 12.8. The molecule has 4 rings (SSSR count). The molecule has 1 saturated heterocycles. The highest BCUT2D eigenvalue weighted by Crippen LogP contribution is 2.29. The largest absolute Gasteiger partial charge is 0.407 e. The Bertz CT molecular complexity index is 1130. The number of thioether (sulfide) groups is 1. The minimum atomic E-state index is -3.70. The fourth-order valence-corrected chi connectivity index (χ4v) is 6.86. The van der Waals surface area contributed by atoms with Crippen LogP contribution >= 0.6 is 23.1 Å². The third-order valence-corrected chi connectivity index (χ3v) is 9.03. The molecule has 1 amide bonds. The van der Waals surface area contributed by atoms with Crippen molar-refractivity contribution < 1.29 is 17.6 Å². The van der Waals surface area contributed by atoms with Crippen molar-refractivity contribution in [3.8, 4) is 0 Å². The molecule has 0 bridgehead atoms. The molecular weight excluding hydrogens is 456 g/mol. The number of thiophene rings is 1. The van der Waals surface area contributed by atoms with Gasteiger partial charge >= 0.3 is 6.01 Å². The molecule has 0 aliphatic carbocycles. The molecule has 1 fully saturated rings. The summed E-state index contributed by atoms with van der Waals surface area (Å²) >= 11 is 2.91. The van der Waals surface area contributed by atoms with E-state index in [0.717, 1.165) is 22.7 Å². The molecule has 3 heterocycles. The molecule has 1 N–H and O–H groups in total. The normalized spacial score (nSPS) is 17.1. The van der Waals surface area contributed by atoms with Crippen LogP contribution in [0, 0.1) is 0 Å². The van der Waals surface area contributed by atoms with Gasteiger partial charge in [0.05, 0.1) is 6.42 Å². The Morgan fingerprint density at radius 1 is 1.29 bits per heavy atom. The van der Waals surface area contributed by atoms with Gasteiger partial charge in [-0.2, -0.15) is 4.31 Å². The summed E-state index contributed by atoms with van der Waals surface area (Å²) in [5.41, 5.74) is 1.02. The van der Waals surface area contributed by atoms with E-state index in [2.05, 4.69) is 22.4 Å². The van der Waals surface area contributed by atoms with E-state index in [-0.39, 0.29) is 10.2 Å². The van der Waals surface area contributed by atoms with E-state index >= 15 is 0 Å². The van der Waals surface area contributed by atoms with E-state index in [1.54, 1.807) is 29.3 Å². The fourth-order valence-electron chi connectivity index (χ4n) is 3.42. The van der Waals surface area contributed by atoms with Gasteiger partial charge in [-0.15, -0.1) is 28.2 Å². The van der Waals surface area contributed by atoms with Gasteiger partial charge in [0.25, 0.3) is 10.0 Å². The number of carbonyl (C=O) groups is 1. The van der Waals surface area contributed by atoms with Gasteiger partial charge in [0.1, 0.15) is 10.3 Å². The lowest BCUT2D eigenvalue weighted by molar-refractivity contribution is -0.119. The molecule has 1 unspecified atom stereocenters. The monoisotopic (exact) mass is 478 g/mol. The third kappa shape index (κ3) is 5.00. The van der Waals surface area contributed by atoms with Crippen LogP contribution in [0.2, 0.25) is 0 Å². The van der Waals surface area contributed by atoms with Gasteiger partial charge in [-0.05, 0) is 47.7 Å². The quantitative estimate of drug-likeness (QED) is 0.493. The van der Waals surface area contributed by atoms with E-state index in [4.69, 9.17) is 4.42 Å². The number of amides is 1. The lowest BCUT2D eigenvalue weighted by atomic mass is 10.1. The van der Waals surface area contributed by atoms with Gasteiger partial charge < -0.3 is 4.42 Å². The third-order valence-electron chi connectivity index (χ3n) is 4.85. The summed E-state index contributed by atoms with van der Waals surface area (Å²) in [5, 5.41) is 12.2. The van der Waals surface area contributed by atoms with Crippen LogP contribution in [-0.4, -0.2) is 47.2 Å². The summed E-state index contributed by atoms with van der Waals surface area (Å²) in [6.45, 7) is 2.41. The minimum Gasteiger partial charge on any atom is -0.407 e. The number of hydrogen-bond donors (Lipinski definition) is 1. The highest BCUT2D eigenvalue weighted by molar-refractivity contribution is 7.99. The predicted octanol–water partition coefficient (Wildman–Crippen LogP) is 3.63. The van der Waals surface area contributed by atoms with Crippen LogP contribution < -0.4 is 5.32 Å². The van der Waals surface area contributed by atoms with Crippen molar-refractivity contribution in [3.63, 3.8) is 0 Å². The molecule has 3 aromatic rings. The molecule has 2 aromatic heterocycles. The van der Waals surface area contributed by atoms with Crippen molar-refractivity contribution in [3.05, 3.63) is 53.2 Å². The van der Waals surface area contributed by atoms with Crippen molar-refractivity contribution in [1.29, 1.82) is 0 Å². The lowest BCUT2D eigenvalue weighted by Gasteiger charge is -2.21. The second-order valence-electron chi connectivity index (χ2n) is 6.95. The minimum absolute atomic E-state index is 0.0291. The maximum Gasteiger partial charge on any atom is 0.322 e. The van der Waals surface area contributed by atoms with Gasteiger partial charge in [0.2, 0.25) is 11.8 Å². The zero-order valence-electron chi connectivity index (χ0n) is 16.9. The summed E-state index contributed by atoms with van der Waals surface area (Å²) in [4.78, 5) is 14.0. The molecule has 31 heavy (non-hydrogen) atoms. The molecule has 0 spiro atoms. The number of nitrogens with zero attached hydrogens (tertiary/aromatic N) is 3. The fraction of sp³-hybridized carbons (Fsp3) is 0.350. The van der Waals surface area contributed by atoms with Crippen molar-refractivity contribution in [2.75, 3.05) is 17.6 Å². The number of anilines is 1. The topological polar surface area (TPSA) is 105 Å². The number of sulfonamides is 1. The first-order valence-electron chi connectivity index (χ1n) is 9.87. The Morgan fingerprint density at radius 2 is 2.10 bits per heavy atom. The first-order chi connectivity index (χ1) is 15.0. The Morgan fingerprint density at radius 3 is 2.81 bits per heavy atom. The molecular formula is C20H22N4O4S3. The van der Waals surface area contributed by atoms with Crippen LogP contribution in [0.4, 0.5) is 6.01 Å². The molecule has 1 aliphatic rings. The number of aromatic nitrogens is 2. The standard InChI is InChI=1S/C20H22N4O4S3/c1-2-29-15-9-7-14(8-10-15)13-17-22-23-20(28-17)21-19(25)16-5-3-11-24(16)31(26,27)18-6-4-12-30-18/h4,6-10,12,16H,2-3,5,11,13H2,1H3,(H,21,23,25). The Balaban J connectivity index is 1.40. The number of carbonyl (C=O) groups excluding carboxylic acids is 1. The van der Waals surface area contributed by atoms with Gasteiger partial charge in [0, 0.05) is 11.4 Å². The highest BCUT2D eigenvalue weighted by Gasteiger charge is 2.40. The maximum absolute atomic E-state index is 12.8. The summed E-state index contributed by atoms with van der Waals surface area (Å²) < 4.78 is 32.7. The second-order valence-corrected chi connectivity index (χ2v) is 11.4. The van der Waals surface area contributed by atoms with Gasteiger partial charge in [0.15, 0.2) is 0 Å². The predicted molar refractivity (Wildman–Crippen MR) is 120 cm³/mol. The zero-order chi connectivity index (χ0) is 21.8. The van der Waals surface area contributed by atoms with E-state index in [0.29, 0.717) is 31.7 Å². The van der Waals surface area contributed by atoms with Crippen LogP contribution in [0.1, 0.15) is 31.2 Å². The highest BCUT2D eigenvalue weighted by atomic mass is 32.2. The molecule has 164 valence electrons. The van der Waals surface area contributed by atoms with Crippen molar-refractivity contribution >= 4 is 45.0 Å². The average molecular weight is 479 g/mol. The van der Waals surface area contributed by atoms with Gasteiger partial charge in [-0.3, -0.25) is 10.1 Å². The number of rotatable bonds is 8. The van der Waals surface area contributed by atoms with Gasteiger partial charge in [-0.1, -0.05) is 30.2 Å². The van der Waals surface area contributed by atoms with Crippen molar-refractivity contribution in [2.45, 2.75) is 41.3 Å². The summed E-state index contributed by atoms with van der Waals surface area (Å²) in [5.74, 6) is 0.925. The molecule has 1 atom stereocenters. The zero-order valence-corrected chi connectivity index (χ0v) is 19.3. The molecule has 8 nitrogen and oxygen atoms in total. The van der Waals surface area contributed by atoms with Gasteiger partial charge in [-0.25, -0.2) is 8.42 Å². The van der Waals surface area contributed by atoms with Crippen molar-refractivity contribution in [1.82, 2.24) is 14.5 Å². The Kier molecular flexibility index (Phi) is 6.75. The molecule has 1 aliphatic heterocycles. The molecule has 0 saturated carbocycles. The SMILES string of the molecule is CCSc1ccc(Cc2nnc(NC(=O)C3CCCN3S(=O)(=O)c3cccs3)o2)cc1.